The Bertz CT molecular complexity index is 510. The van der Waals surface area contributed by atoms with Crippen molar-refractivity contribution in [2.75, 3.05) is 6.61 Å². The molecule has 0 saturated carbocycles. The van der Waals surface area contributed by atoms with Crippen molar-refractivity contribution in [2.24, 2.45) is 0 Å². The summed E-state index contributed by atoms with van der Waals surface area (Å²) in [6, 6.07) is 2.02. The molecule has 0 atom stereocenters. The lowest BCUT2D eigenvalue weighted by Crippen LogP contribution is -1.81. The second-order valence-electron chi connectivity index (χ2n) is 3.03. The van der Waals surface area contributed by atoms with Crippen molar-refractivity contribution in [1.82, 2.24) is 9.36 Å². The normalized spacial score (nSPS) is 9.94. The van der Waals surface area contributed by atoms with E-state index in [0.29, 0.717) is 6.42 Å². The van der Waals surface area contributed by atoms with Gasteiger partial charge in [0.15, 0.2) is 4.34 Å². The van der Waals surface area contributed by atoms with Gasteiger partial charge in [0.2, 0.25) is 0 Å². The third-order valence-electron chi connectivity index (χ3n) is 1.87. The number of aliphatic hydroxyl groups excluding tert-OH is 1. The van der Waals surface area contributed by atoms with E-state index in [1.165, 1.54) is 16.4 Å². The standard InChI is InChI=1S/C11H10N2OS3/c14-5-2-1-3-9-4-6-15-10(9)7-16-11-12-8-13-17-11/h4,6,8,14H,2,5,7H2. The van der Waals surface area contributed by atoms with Gasteiger partial charge in [0.05, 0.1) is 6.61 Å². The van der Waals surface area contributed by atoms with E-state index in [4.69, 9.17) is 5.11 Å². The van der Waals surface area contributed by atoms with Crippen LogP contribution in [0.1, 0.15) is 16.9 Å². The molecule has 2 aromatic heterocycles. The first-order valence-corrected chi connectivity index (χ1v) is 7.59. The van der Waals surface area contributed by atoms with Crippen LogP contribution in [0.25, 0.3) is 0 Å². The number of hydrogen-bond acceptors (Lipinski definition) is 6. The molecule has 0 unspecified atom stereocenters. The zero-order valence-electron chi connectivity index (χ0n) is 8.92. The van der Waals surface area contributed by atoms with Gasteiger partial charge in [-0.2, -0.15) is 4.37 Å². The number of thiophene rings is 1. The van der Waals surface area contributed by atoms with E-state index in [1.54, 1.807) is 29.4 Å². The lowest BCUT2D eigenvalue weighted by molar-refractivity contribution is 0.305. The second kappa shape index (κ2) is 6.77. The highest BCUT2D eigenvalue weighted by molar-refractivity contribution is 8.00. The zero-order valence-corrected chi connectivity index (χ0v) is 11.4. The van der Waals surface area contributed by atoms with Gasteiger partial charge in [-0.3, -0.25) is 0 Å². The van der Waals surface area contributed by atoms with Crippen LogP contribution in [0.4, 0.5) is 0 Å². The molecule has 0 aromatic carbocycles. The van der Waals surface area contributed by atoms with Crippen LogP contribution in [0.2, 0.25) is 0 Å². The molecule has 0 aliphatic heterocycles. The van der Waals surface area contributed by atoms with Gasteiger partial charge in [-0.1, -0.05) is 23.6 Å². The summed E-state index contributed by atoms with van der Waals surface area (Å²) in [5.41, 5.74) is 1.06. The van der Waals surface area contributed by atoms with Crippen LogP contribution in [-0.2, 0) is 5.75 Å². The van der Waals surface area contributed by atoms with E-state index >= 15 is 0 Å². The van der Waals surface area contributed by atoms with Crippen molar-refractivity contribution in [2.45, 2.75) is 16.5 Å². The molecule has 1 N–H and O–H groups in total. The van der Waals surface area contributed by atoms with Gasteiger partial charge < -0.3 is 5.11 Å². The maximum Gasteiger partial charge on any atom is 0.170 e. The third-order valence-corrected chi connectivity index (χ3v) is 4.80. The summed E-state index contributed by atoms with van der Waals surface area (Å²) in [7, 11) is 0. The first kappa shape index (κ1) is 12.6. The number of nitrogens with zero attached hydrogens (tertiary/aromatic N) is 2. The highest BCUT2D eigenvalue weighted by Gasteiger charge is 2.04. The maximum absolute atomic E-state index is 8.67. The Kier molecular flexibility index (Phi) is 5.01. The molecule has 0 saturated heterocycles. The highest BCUT2D eigenvalue weighted by Crippen LogP contribution is 2.27. The van der Waals surface area contributed by atoms with Crippen molar-refractivity contribution in [3.05, 3.63) is 28.2 Å². The molecule has 0 spiro atoms. The van der Waals surface area contributed by atoms with Crippen LogP contribution in [-0.4, -0.2) is 21.1 Å². The van der Waals surface area contributed by atoms with Crippen molar-refractivity contribution in [1.29, 1.82) is 0 Å². The van der Waals surface area contributed by atoms with Gasteiger partial charge in [-0.25, -0.2) is 4.98 Å². The Hall–Kier alpha value is -0.870. The molecule has 0 aliphatic carbocycles. The number of rotatable bonds is 4. The van der Waals surface area contributed by atoms with Crippen LogP contribution < -0.4 is 0 Å². The Morgan fingerprint density at radius 1 is 1.47 bits per heavy atom. The number of thioether (sulfide) groups is 1. The minimum atomic E-state index is 0.117. The Morgan fingerprint density at radius 2 is 2.41 bits per heavy atom. The fraction of sp³-hybridized carbons (Fsp3) is 0.273. The van der Waals surface area contributed by atoms with Crippen LogP contribution in [0.3, 0.4) is 0 Å². The van der Waals surface area contributed by atoms with Gasteiger partial charge in [-0.15, -0.1) is 11.3 Å². The molecule has 0 aliphatic rings. The van der Waals surface area contributed by atoms with Gasteiger partial charge in [0.25, 0.3) is 0 Å². The molecular weight excluding hydrogens is 272 g/mol. The smallest absolute Gasteiger partial charge is 0.170 e. The van der Waals surface area contributed by atoms with Gasteiger partial charge >= 0.3 is 0 Å². The van der Waals surface area contributed by atoms with E-state index in [2.05, 4.69) is 21.2 Å². The second-order valence-corrected chi connectivity index (χ2v) is 6.03. The Labute approximate surface area is 112 Å². The first-order valence-electron chi connectivity index (χ1n) is 4.95. The number of aliphatic hydroxyl groups is 1. The molecule has 0 bridgehead atoms. The molecule has 88 valence electrons. The molecule has 2 rings (SSSR count). The summed E-state index contributed by atoms with van der Waals surface area (Å²) in [6.07, 6.45) is 2.10. The van der Waals surface area contributed by atoms with Crippen LogP contribution >= 0.6 is 34.6 Å². The molecule has 0 radical (unpaired) electrons. The molecule has 3 nitrogen and oxygen atoms in total. The SMILES string of the molecule is OCCC#Cc1ccsc1CSc1ncns1. The highest BCUT2D eigenvalue weighted by atomic mass is 32.2. The van der Waals surface area contributed by atoms with Crippen molar-refractivity contribution in [3.8, 4) is 11.8 Å². The quantitative estimate of drug-likeness (QED) is 0.691. The van der Waals surface area contributed by atoms with Crippen LogP contribution in [0.5, 0.6) is 0 Å². The summed E-state index contributed by atoms with van der Waals surface area (Å²) in [6.45, 7) is 0.117. The summed E-state index contributed by atoms with van der Waals surface area (Å²) in [5.74, 6) is 6.89. The van der Waals surface area contributed by atoms with E-state index in [1.807, 2.05) is 11.4 Å². The molecule has 17 heavy (non-hydrogen) atoms. The van der Waals surface area contributed by atoms with Gasteiger partial charge in [-0.05, 0) is 23.0 Å². The van der Waals surface area contributed by atoms with Gasteiger partial charge in [0.1, 0.15) is 6.33 Å². The average molecular weight is 282 g/mol. The molecule has 6 heteroatoms. The first-order chi connectivity index (χ1) is 8.40. The fourth-order valence-corrected chi connectivity index (χ4v) is 3.52. The molecule has 0 fully saturated rings. The van der Waals surface area contributed by atoms with E-state index in [9.17, 15) is 0 Å². The summed E-state index contributed by atoms with van der Waals surface area (Å²) in [4.78, 5) is 5.37. The number of aromatic nitrogens is 2. The molecule has 2 heterocycles. The van der Waals surface area contributed by atoms with Crippen molar-refractivity contribution < 1.29 is 5.11 Å². The zero-order chi connectivity index (χ0) is 11.9. The maximum atomic E-state index is 8.67. The predicted molar refractivity (Wildman–Crippen MR) is 72.4 cm³/mol. The molecule has 0 amide bonds. The molecular formula is C11H10N2OS3. The van der Waals surface area contributed by atoms with Crippen LogP contribution in [0, 0.1) is 11.8 Å². The lowest BCUT2D eigenvalue weighted by atomic mass is 10.2. The van der Waals surface area contributed by atoms with E-state index in [0.717, 1.165) is 15.7 Å². The largest absolute Gasteiger partial charge is 0.395 e. The lowest BCUT2D eigenvalue weighted by Gasteiger charge is -1.95. The van der Waals surface area contributed by atoms with Gasteiger partial charge in [0, 0.05) is 22.6 Å². The average Bonchev–Trinajstić information content (AvgIpc) is 2.97. The number of hydrogen-bond donors (Lipinski definition) is 1. The minimum absolute atomic E-state index is 0.117. The van der Waals surface area contributed by atoms with Crippen LogP contribution in [0.15, 0.2) is 22.1 Å². The van der Waals surface area contributed by atoms with E-state index in [-0.39, 0.29) is 6.61 Å². The molecule has 2 aromatic rings. The van der Waals surface area contributed by atoms with Crippen molar-refractivity contribution in [3.63, 3.8) is 0 Å². The van der Waals surface area contributed by atoms with E-state index < -0.39 is 0 Å². The summed E-state index contributed by atoms with van der Waals surface area (Å²) >= 11 is 4.79. The predicted octanol–water partition coefficient (Wildman–Crippen LogP) is 2.63. The summed E-state index contributed by atoms with van der Waals surface area (Å²) < 4.78 is 4.94. The monoisotopic (exact) mass is 282 g/mol. The Morgan fingerprint density at radius 3 is 3.18 bits per heavy atom. The fourth-order valence-electron chi connectivity index (χ4n) is 1.13. The topological polar surface area (TPSA) is 46.0 Å². The summed E-state index contributed by atoms with van der Waals surface area (Å²) in [5, 5.41) is 10.7. The van der Waals surface area contributed by atoms with Crippen molar-refractivity contribution >= 4 is 34.6 Å². The third kappa shape index (κ3) is 3.82. The minimum Gasteiger partial charge on any atom is -0.395 e. The Balaban J connectivity index is 1.97.